The molecule has 3 amide bonds. The summed E-state index contributed by atoms with van der Waals surface area (Å²) in [7, 11) is 1.66. The summed E-state index contributed by atoms with van der Waals surface area (Å²) in [4.78, 5) is 50.8. The number of aromatic nitrogens is 2. The molecule has 12 nitrogen and oxygen atoms in total. The van der Waals surface area contributed by atoms with Gasteiger partial charge >= 0.3 is 0 Å². The number of likely N-dealkylation sites (N-methyl/N-ethyl adjacent to an activating group) is 1. The van der Waals surface area contributed by atoms with Gasteiger partial charge < -0.3 is 35.6 Å². The van der Waals surface area contributed by atoms with Crippen LogP contribution in [0.3, 0.4) is 0 Å². The monoisotopic (exact) mass is 687 g/mol. The Labute approximate surface area is 282 Å². The van der Waals surface area contributed by atoms with E-state index in [1.165, 1.54) is 17.3 Å². The van der Waals surface area contributed by atoms with Gasteiger partial charge in [-0.15, -0.1) is 0 Å². The minimum Gasteiger partial charge on any atom is -0.486 e. The van der Waals surface area contributed by atoms with Gasteiger partial charge in [0.15, 0.2) is 5.82 Å². The first-order valence-corrected chi connectivity index (χ1v) is 16.2. The zero-order valence-corrected chi connectivity index (χ0v) is 28.2. The molecule has 2 saturated heterocycles. The quantitative estimate of drug-likeness (QED) is 0.226. The molecule has 15 heteroatoms. The van der Waals surface area contributed by atoms with E-state index in [0.29, 0.717) is 55.7 Å². The van der Waals surface area contributed by atoms with E-state index in [2.05, 4.69) is 31.2 Å². The number of rotatable bonds is 10. The average Bonchev–Trinajstić information content (AvgIpc) is 3.76. The number of hydrogen-bond acceptors (Lipinski definition) is 9. The van der Waals surface area contributed by atoms with Crippen molar-refractivity contribution in [3.8, 4) is 5.75 Å². The van der Waals surface area contributed by atoms with Crippen LogP contribution in [0.2, 0.25) is 5.02 Å². The summed E-state index contributed by atoms with van der Waals surface area (Å²) in [5.41, 5.74) is -0.0486. The van der Waals surface area contributed by atoms with Crippen LogP contribution >= 0.6 is 11.6 Å². The van der Waals surface area contributed by atoms with Crippen LogP contribution in [0.1, 0.15) is 47.0 Å². The Bertz CT molecular complexity index is 1700. The van der Waals surface area contributed by atoms with E-state index in [-0.39, 0.29) is 35.1 Å². The zero-order valence-electron chi connectivity index (χ0n) is 27.5. The van der Waals surface area contributed by atoms with Gasteiger partial charge in [-0.3, -0.25) is 14.4 Å². The van der Waals surface area contributed by atoms with Gasteiger partial charge in [-0.05, 0) is 50.4 Å². The molecule has 1 aromatic heterocycles. The van der Waals surface area contributed by atoms with E-state index in [1.54, 1.807) is 26.1 Å². The second kappa shape index (κ2) is 14.5. The lowest BCUT2D eigenvalue weighted by Crippen LogP contribution is -2.59. The number of hydrogen-bond donors (Lipinski definition) is 4. The number of likely N-dealkylation sites (tertiary alicyclic amines) is 1. The molecule has 2 aliphatic rings. The fraction of sp³-hybridized carbons (Fsp3) is 0.485. The smallest absolute Gasteiger partial charge is 0.247 e. The van der Waals surface area contributed by atoms with Crippen molar-refractivity contribution >= 4 is 57.4 Å². The molecule has 3 aromatic rings. The molecule has 0 saturated carbocycles. The second-order valence-corrected chi connectivity index (χ2v) is 13.4. The highest BCUT2D eigenvalue weighted by molar-refractivity contribution is 6.31. The van der Waals surface area contributed by atoms with E-state index in [9.17, 15) is 23.2 Å². The lowest BCUT2D eigenvalue weighted by atomic mass is 9.85. The van der Waals surface area contributed by atoms with E-state index in [4.69, 9.17) is 21.1 Å². The van der Waals surface area contributed by atoms with Crippen molar-refractivity contribution < 1.29 is 32.6 Å². The highest BCUT2D eigenvalue weighted by Gasteiger charge is 2.42. The number of ether oxygens (including phenoxy) is 2. The Kier molecular flexibility index (Phi) is 10.7. The number of nitrogens with zero attached hydrogens (tertiary/aromatic N) is 3. The molecule has 4 N–H and O–H groups in total. The number of carbonyl (C=O) groups excluding carboxylic acids is 3. The van der Waals surface area contributed by atoms with Gasteiger partial charge in [-0.25, -0.2) is 18.7 Å². The van der Waals surface area contributed by atoms with Gasteiger partial charge in [0, 0.05) is 24.4 Å². The molecule has 2 aliphatic heterocycles. The van der Waals surface area contributed by atoms with Crippen LogP contribution in [0.5, 0.6) is 5.75 Å². The average molecular weight is 688 g/mol. The number of carbonyl (C=O) groups is 3. The Balaban J connectivity index is 1.46. The van der Waals surface area contributed by atoms with Crippen LogP contribution in [-0.4, -0.2) is 83.6 Å². The van der Waals surface area contributed by atoms with Gasteiger partial charge in [0.25, 0.3) is 0 Å². The van der Waals surface area contributed by atoms with Crippen LogP contribution in [0.25, 0.3) is 10.9 Å². The van der Waals surface area contributed by atoms with Crippen molar-refractivity contribution in [2.45, 2.75) is 71.2 Å². The third-order valence-electron chi connectivity index (χ3n) is 8.53. The first-order valence-electron chi connectivity index (χ1n) is 15.8. The molecule has 5 rings (SSSR count). The molecule has 48 heavy (non-hydrogen) atoms. The molecular weight excluding hydrogens is 648 g/mol. The standard InChI is InChI=1S/C33H40ClF2N7O5/c1-17(37-5)30(44)42-28(33(2,3)4)32(46)43-11-6-7-24(43)31(45)41-23-13-19-22(14-25(23)48-18-10-12-47-15-18)38-16-39-29(19)40-21-9-8-20(35)26(34)27(21)36/h8-9,13-14,16-18,24,28,37H,6-7,10-12,15H2,1-5H3,(H,41,45)(H,42,44)(H,38,39,40). The number of benzene rings is 2. The number of halogens is 3. The van der Waals surface area contributed by atoms with Gasteiger partial charge in [0.2, 0.25) is 17.7 Å². The van der Waals surface area contributed by atoms with Crippen molar-refractivity contribution in [2.24, 2.45) is 5.41 Å². The van der Waals surface area contributed by atoms with Crippen LogP contribution < -0.4 is 26.0 Å². The number of amides is 3. The zero-order chi connectivity index (χ0) is 34.7. The van der Waals surface area contributed by atoms with E-state index >= 15 is 0 Å². The minimum atomic E-state index is -0.991. The highest BCUT2D eigenvalue weighted by atomic mass is 35.5. The van der Waals surface area contributed by atoms with Crippen LogP contribution in [0, 0.1) is 17.0 Å². The normalized spacial score (nSPS) is 19.2. The van der Waals surface area contributed by atoms with Gasteiger partial charge in [0.05, 0.1) is 36.1 Å². The molecule has 0 radical (unpaired) electrons. The van der Waals surface area contributed by atoms with Crippen molar-refractivity contribution in [1.29, 1.82) is 0 Å². The summed E-state index contributed by atoms with van der Waals surface area (Å²) in [6.45, 7) is 8.50. The van der Waals surface area contributed by atoms with Gasteiger partial charge in [-0.2, -0.15) is 0 Å². The summed E-state index contributed by atoms with van der Waals surface area (Å²) < 4.78 is 40.3. The maximum absolute atomic E-state index is 14.8. The molecular formula is C33H40ClF2N7O5. The Morgan fingerprint density at radius 3 is 2.58 bits per heavy atom. The van der Waals surface area contributed by atoms with Crippen LogP contribution in [0.15, 0.2) is 30.6 Å². The summed E-state index contributed by atoms with van der Waals surface area (Å²) in [5.74, 6) is -2.52. The Hall–Kier alpha value is -4.14. The fourth-order valence-corrected chi connectivity index (χ4v) is 5.81. The van der Waals surface area contributed by atoms with Crippen molar-refractivity contribution in [3.63, 3.8) is 0 Å². The first kappa shape index (κ1) is 35.2. The Morgan fingerprint density at radius 2 is 1.90 bits per heavy atom. The SMILES string of the molecule is CNC(C)C(=O)NC(C(=O)N1CCCC1C(=O)Nc1cc2c(Nc3ccc(F)c(Cl)c3F)ncnc2cc1OC1CCOC1)C(C)(C)C. The lowest BCUT2D eigenvalue weighted by molar-refractivity contribution is -0.143. The molecule has 3 heterocycles. The molecule has 4 unspecified atom stereocenters. The van der Waals surface area contributed by atoms with Crippen LogP contribution in [0.4, 0.5) is 26.0 Å². The third kappa shape index (κ3) is 7.61. The minimum absolute atomic E-state index is 0.111. The lowest BCUT2D eigenvalue weighted by Gasteiger charge is -2.36. The molecule has 0 bridgehead atoms. The predicted octanol–water partition coefficient (Wildman–Crippen LogP) is 4.54. The van der Waals surface area contributed by atoms with Gasteiger partial charge in [-0.1, -0.05) is 32.4 Å². The van der Waals surface area contributed by atoms with Gasteiger partial charge in [0.1, 0.15) is 46.9 Å². The molecule has 0 spiro atoms. The maximum Gasteiger partial charge on any atom is 0.247 e. The molecule has 0 aliphatic carbocycles. The summed E-state index contributed by atoms with van der Waals surface area (Å²) in [6.07, 6.45) is 2.65. The largest absolute Gasteiger partial charge is 0.486 e. The summed E-state index contributed by atoms with van der Waals surface area (Å²) in [6, 6.07) is 3.25. The van der Waals surface area contributed by atoms with Crippen molar-refractivity contribution in [2.75, 3.05) is 37.4 Å². The topological polar surface area (TPSA) is 147 Å². The molecule has 258 valence electrons. The first-order chi connectivity index (χ1) is 22.8. The third-order valence-corrected chi connectivity index (χ3v) is 8.88. The van der Waals surface area contributed by atoms with Crippen molar-refractivity contribution in [1.82, 2.24) is 25.5 Å². The number of nitrogens with one attached hydrogen (secondary N) is 4. The van der Waals surface area contributed by atoms with E-state index < -0.39 is 46.1 Å². The van der Waals surface area contributed by atoms with E-state index in [0.717, 1.165) is 6.07 Å². The van der Waals surface area contributed by atoms with E-state index in [1.807, 2.05) is 20.8 Å². The molecule has 2 aromatic carbocycles. The molecule has 4 atom stereocenters. The highest BCUT2D eigenvalue weighted by Crippen LogP contribution is 2.36. The summed E-state index contributed by atoms with van der Waals surface area (Å²) >= 11 is 5.79. The van der Waals surface area contributed by atoms with Crippen LogP contribution in [-0.2, 0) is 19.1 Å². The number of anilines is 3. The Morgan fingerprint density at radius 1 is 1.12 bits per heavy atom. The number of fused-ring (bicyclic) bond motifs is 1. The molecule has 2 fully saturated rings. The predicted molar refractivity (Wildman–Crippen MR) is 177 cm³/mol. The summed E-state index contributed by atoms with van der Waals surface area (Å²) in [5, 5.41) is 11.3. The van der Waals surface area contributed by atoms with Crippen molar-refractivity contribution in [3.05, 3.63) is 47.2 Å². The fourth-order valence-electron chi connectivity index (χ4n) is 5.65. The second-order valence-electron chi connectivity index (χ2n) is 13.0. The maximum atomic E-state index is 14.8.